The number of Topliss-reactive ketones (excluding diaryl/α,β-unsaturated/α-hetero) is 1. The number of aliphatic hydroxyl groups is 1. The maximum atomic E-state index is 12.2. The monoisotopic (exact) mass is 267 g/mol. The molecule has 1 aliphatic rings. The van der Waals surface area contributed by atoms with E-state index in [1.165, 1.54) is 4.88 Å². The maximum Gasteiger partial charge on any atom is 0.177 e. The molecule has 1 N–H and O–H groups in total. The van der Waals surface area contributed by atoms with Crippen LogP contribution in [0.5, 0.6) is 0 Å². The number of ketones is 1. The van der Waals surface area contributed by atoms with Crippen LogP contribution in [0.15, 0.2) is 6.07 Å². The van der Waals surface area contributed by atoms with Gasteiger partial charge >= 0.3 is 0 Å². The number of thiophene rings is 1. The van der Waals surface area contributed by atoms with E-state index in [0.29, 0.717) is 12.5 Å². The van der Waals surface area contributed by atoms with Gasteiger partial charge in [0.25, 0.3) is 0 Å². The average molecular weight is 267 g/mol. The Morgan fingerprint density at radius 3 is 2.83 bits per heavy atom. The standard InChI is InChI=1S/C14H21NO2S/c1-9-6-13(11(3)18-9)14(17)8-15-5-4-12(7-15)10(2)16/h6,10,12,16H,4-5,7-8H2,1-3H3. The fourth-order valence-corrected chi connectivity index (χ4v) is 3.54. The van der Waals surface area contributed by atoms with Gasteiger partial charge in [-0.15, -0.1) is 11.3 Å². The van der Waals surface area contributed by atoms with Crippen molar-refractivity contribution in [3.63, 3.8) is 0 Å². The van der Waals surface area contributed by atoms with E-state index in [0.717, 1.165) is 30.0 Å². The highest BCUT2D eigenvalue weighted by Gasteiger charge is 2.27. The van der Waals surface area contributed by atoms with Crippen molar-refractivity contribution in [2.75, 3.05) is 19.6 Å². The molecule has 0 aliphatic carbocycles. The molecule has 2 heterocycles. The highest BCUT2D eigenvalue weighted by molar-refractivity contribution is 7.12. The molecule has 18 heavy (non-hydrogen) atoms. The molecule has 1 aromatic heterocycles. The minimum absolute atomic E-state index is 0.211. The van der Waals surface area contributed by atoms with Crippen LogP contribution in [0.1, 0.15) is 33.5 Å². The van der Waals surface area contributed by atoms with Gasteiger partial charge in [0, 0.05) is 21.9 Å². The molecule has 0 amide bonds. The second kappa shape index (κ2) is 5.51. The summed E-state index contributed by atoms with van der Waals surface area (Å²) in [7, 11) is 0. The predicted octanol–water partition coefficient (Wildman–Crippen LogP) is 2.25. The lowest BCUT2D eigenvalue weighted by molar-refractivity contribution is 0.0925. The maximum absolute atomic E-state index is 12.2. The quantitative estimate of drug-likeness (QED) is 0.851. The summed E-state index contributed by atoms with van der Waals surface area (Å²) in [6, 6.07) is 1.99. The van der Waals surface area contributed by atoms with E-state index in [4.69, 9.17) is 0 Å². The van der Waals surface area contributed by atoms with Crippen molar-refractivity contribution in [2.24, 2.45) is 5.92 Å². The lowest BCUT2D eigenvalue weighted by Gasteiger charge is -2.16. The summed E-state index contributed by atoms with van der Waals surface area (Å²) < 4.78 is 0. The largest absolute Gasteiger partial charge is 0.393 e. The summed E-state index contributed by atoms with van der Waals surface area (Å²) in [5, 5.41) is 9.56. The van der Waals surface area contributed by atoms with Crippen LogP contribution in [0, 0.1) is 19.8 Å². The minimum Gasteiger partial charge on any atom is -0.393 e. The Morgan fingerprint density at radius 1 is 1.61 bits per heavy atom. The van der Waals surface area contributed by atoms with E-state index in [-0.39, 0.29) is 11.9 Å². The van der Waals surface area contributed by atoms with Gasteiger partial charge in [0.15, 0.2) is 5.78 Å². The fraction of sp³-hybridized carbons (Fsp3) is 0.643. The number of nitrogens with zero attached hydrogens (tertiary/aromatic N) is 1. The van der Waals surface area contributed by atoms with Crippen LogP contribution in [0.25, 0.3) is 0 Å². The van der Waals surface area contributed by atoms with Crippen molar-refractivity contribution >= 4 is 17.1 Å². The van der Waals surface area contributed by atoms with Crippen molar-refractivity contribution in [2.45, 2.75) is 33.3 Å². The van der Waals surface area contributed by atoms with Crippen molar-refractivity contribution in [3.05, 3.63) is 21.4 Å². The molecule has 0 bridgehead atoms. The molecule has 4 heteroatoms. The second-order valence-corrected chi connectivity index (χ2v) is 6.74. The van der Waals surface area contributed by atoms with Crippen LogP contribution in [0.2, 0.25) is 0 Å². The summed E-state index contributed by atoms with van der Waals surface area (Å²) >= 11 is 1.68. The van der Waals surface area contributed by atoms with Gasteiger partial charge in [0.2, 0.25) is 0 Å². The van der Waals surface area contributed by atoms with Crippen molar-refractivity contribution in [1.82, 2.24) is 4.90 Å². The van der Waals surface area contributed by atoms with E-state index in [2.05, 4.69) is 4.90 Å². The summed E-state index contributed by atoms with van der Waals surface area (Å²) in [5.41, 5.74) is 0.873. The van der Waals surface area contributed by atoms with Crippen molar-refractivity contribution in [1.29, 1.82) is 0 Å². The number of aliphatic hydroxyl groups excluding tert-OH is 1. The Hall–Kier alpha value is -0.710. The van der Waals surface area contributed by atoms with E-state index in [1.807, 2.05) is 26.8 Å². The molecule has 3 nitrogen and oxygen atoms in total. The van der Waals surface area contributed by atoms with E-state index in [1.54, 1.807) is 11.3 Å². The van der Waals surface area contributed by atoms with Crippen molar-refractivity contribution < 1.29 is 9.90 Å². The normalized spacial score (nSPS) is 22.3. The molecule has 1 fully saturated rings. The van der Waals surface area contributed by atoms with Crippen LogP contribution >= 0.6 is 11.3 Å². The number of hydrogen-bond acceptors (Lipinski definition) is 4. The number of aryl methyl sites for hydroxylation is 2. The van der Waals surface area contributed by atoms with Gasteiger partial charge in [-0.2, -0.15) is 0 Å². The molecule has 1 aromatic rings. The highest BCUT2D eigenvalue weighted by Crippen LogP contribution is 2.23. The molecular weight excluding hydrogens is 246 g/mol. The third kappa shape index (κ3) is 2.99. The van der Waals surface area contributed by atoms with Crippen LogP contribution in [0.4, 0.5) is 0 Å². The molecule has 100 valence electrons. The van der Waals surface area contributed by atoms with Gasteiger partial charge in [-0.25, -0.2) is 0 Å². The third-order valence-corrected chi connectivity index (χ3v) is 4.67. The highest BCUT2D eigenvalue weighted by atomic mass is 32.1. The summed E-state index contributed by atoms with van der Waals surface area (Å²) in [4.78, 5) is 16.7. The number of rotatable bonds is 4. The molecule has 1 saturated heterocycles. The zero-order valence-corrected chi connectivity index (χ0v) is 12.1. The lowest BCUT2D eigenvalue weighted by atomic mass is 10.0. The first-order valence-corrected chi connectivity index (χ1v) is 7.29. The van der Waals surface area contributed by atoms with E-state index in [9.17, 15) is 9.90 Å². The average Bonchev–Trinajstić information content (AvgIpc) is 2.85. The van der Waals surface area contributed by atoms with E-state index >= 15 is 0 Å². The Balaban J connectivity index is 1.95. The molecular formula is C14H21NO2S. The Kier molecular flexibility index (Phi) is 4.20. The number of likely N-dealkylation sites (tertiary alicyclic amines) is 1. The van der Waals surface area contributed by atoms with Gasteiger partial charge in [0.1, 0.15) is 0 Å². The molecule has 0 saturated carbocycles. The van der Waals surface area contributed by atoms with Gasteiger partial charge in [-0.05, 0) is 45.7 Å². The molecule has 2 rings (SSSR count). The molecule has 0 radical (unpaired) electrons. The summed E-state index contributed by atoms with van der Waals surface area (Å²) in [6.45, 7) is 8.12. The fourth-order valence-electron chi connectivity index (χ4n) is 2.60. The van der Waals surface area contributed by atoms with Crippen LogP contribution in [0.3, 0.4) is 0 Å². The minimum atomic E-state index is -0.268. The van der Waals surface area contributed by atoms with Crippen LogP contribution in [-0.4, -0.2) is 41.5 Å². The zero-order valence-electron chi connectivity index (χ0n) is 11.3. The smallest absolute Gasteiger partial charge is 0.177 e. The first-order chi connectivity index (χ1) is 8.47. The topological polar surface area (TPSA) is 40.5 Å². The van der Waals surface area contributed by atoms with Gasteiger partial charge < -0.3 is 5.11 Å². The first-order valence-electron chi connectivity index (χ1n) is 6.48. The SMILES string of the molecule is Cc1cc(C(=O)CN2CCC(C(C)O)C2)c(C)s1. The number of carbonyl (C=O) groups excluding carboxylic acids is 1. The molecule has 2 unspecified atom stereocenters. The lowest BCUT2D eigenvalue weighted by Crippen LogP contribution is -2.29. The summed E-state index contributed by atoms with van der Waals surface area (Å²) in [5.74, 6) is 0.534. The number of carbonyl (C=O) groups is 1. The molecule has 0 spiro atoms. The molecule has 1 aliphatic heterocycles. The molecule has 2 atom stereocenters. The summed E-state index contributed by atoms with van der Waals surface area (Å²) in [6.07, 6.45) is 0.724. The van der Waals surface area contributed by atoms with Gasteiger partial charge in [-0.1, -0.05) is 0 Å². The second-order valence-electron chi connectivity index (χ2n) is 5.27. The zero-order chi connectivity index (χ0) is 13.3. The third-order valence-electron chi connectivity index (χ3n) is 3.70. The van der Waals surface area contributed by atoms with Gasteiger partial charge in [0.05, 0.1) is 12.6 Å². The van der Waals surface area contributed by atoms with E-state index < -0.39 is 0 Å². The molecule has 0 aromatic carbocycles. The Bertz CT molecular complexity index is 439. The predicted molar refractivity (Wildman–Crippen MR) is 74.4 cm³/mol. The van der Waals surface area contributed by atoms with Crippen molar-refractivity contribution in [3.8, 4) is 0 Å². The van der Waals surface area contributed by atoms with Crippen LogP contribution in [-0.2, 0) is 0 Å². The number of hydrogen-bond donors (Lipinski definition) is 1. The van der Waals surface area contributed by atoms with Crippen LogP contribution < -0.4 is 0 Å². The Morgan fingerprint density at radius 2 is 2.33 bits per heavy atom. The van der Waals surface area contributed by atoms with Gasteiger partial charge in [-0.3, -0.25) is 9.69 Å². The first kappa shape index (κ1) is 13.7. The Labute approximate surface area is 112 Å².